The van der Waals surface area contributed by atoms with Crippen molar-refractivity contribution >= 4 is 17.7 Å². The summed E-state index contributed by atoms with van der Waals surface area (Å²) in [5, 5.41) is 21.1. The van der Waals surface area contributed by atoms with E-state index in [1.165, 1.54) is 16.8 Å². The molecular formula is C15H11FN6O2. The summed E-state index contributed by atoms with van der Waals surface area (Å²) in [6.07, 6.45) is 1.56. The van der Waals surface area contributed by atoms with E-state index >= 15 is 0 Å². The van der Waals surface area contributed by atoms with E-state index in [2.05, 4.69) is 20.9 Å². The second-order valence-electron chi connectivity index (χ2n) is 4.69. The number of urea groups is 1. The molecular weight excluding hydrogens is 315 g/mol. The normalized spacial score (nSPS) is 10.2. The van der Waals surface area contributed by atoms with E-state index in [1.807, 2.05) is 6.07 Å². The van der Waals surface area contributed by atoms with Crippen molar-refractivity contribution in [1.82, 2.24) is 14.9 Å². The quantitative estimate of drug-likeness (QED) is 0.766. The monoisotopic (exact) mass is 326 g/mol. The van der Waals surface area contributed by atoms with Gasteiger partial charge in [0.15, 0.2) is 17.4 Å². The fourth-order valence-corrected chi connectivity index (χ4v) is 1.97. The number of halogens is 1. The van der Waals surface area contributed by atoms with Crippen LogP contribution in [0.5, 0.6) is 0 Å². The van der Waals surface area contributed by atoms with Gasteiger partial charge >= 0.3 is 6.03 Å². The lowest BCUT2D eigenvalue weighted by Gasteiger charge is -2.01. The molecule has 0 atom stereocenters. The molecule has 0 saturated carbocycles. The van der Waals surface area contributed by atoms with Gasteiger partial charge in [0.2, 0.25) is 0 Å². The molecule has 2 heterocycles. The highest BCUT2D eigenvalue weighted by Crippen LogP contribution is 2.24. The van der Waals surface area contributed by atoms with Crippen LogP contribution in [-0.4, -0.2) is 21.0 Å². The maximum atomic E-state index is 13.7. The van der Waals surface area contributed by atoms with Crippen molar-refractivity contribution in [3.63, 3.8) is 0 Å². The standard InChI is InChI=1S/C15H11FN6O2/c16-11-4-2-1-3-10(11)12-9-14(21-24-12)19-15(23)18-13-5-7-22(20-13)8-6-17/h1-5,7,9H,8H2,(H2,18,19,20,21,23). The molecule has 3 aromatic rings. The van der Waals surface area contributed by atoms with Gasteiger partial charge in [0.1, 0.15) is 12.4 Å². The Morgan fingerprint density at radius 1 is 1.29 bits per heavy atom. The Morgan fingerprint density at radius 2 is 2.08 bits per heavy atom. The maximum absolute atomic E-state index is 13.7. The molecule has 0 spiro atoms. The molecule has 24 heavy (non-hydrogen) atoms. The molecule has 1 aromatic carbocycles. The van der Waals surface area contributed by atoms with Gasteiger partial charge in [-0.25, -0.2) is 9.18 Å². The van der Waals surface area contributed by atoms with Crippen LogP contribution in [0.3, 0.4) is 0 Å². The minimum Gasteiger partial charge on any atom is -0.354 e. The summed E-state index contributed by atoms with van der Waals surface area (Å²) in [5.41, 5.74) is 0.244. The number of carbonyl (C=O) groups excluding carboxylic acids is 1. The summed E-state index contributed by atoms with van der Waals surface area (Å²) in [4.78, 5) is 11.9. The number of nitriles is 1. The summed E-state index contributed by atoms with van der Waals surface area (Å²) in [7, 11) is 0. The highest BCUT2D eigenvalue weighted by molar-refractivity contribution is 5.98. The average Bonchev–Trinajstić information content (AvgIpc) is 3.18. The minimum atomic E-state index is -0.592. The van der Waals surface area contributed by atoms with Crippen molar-refractivity contribution in [2.24, 2.45) is 0 Å². The van der Waals surface area contributed by atoms with Gasteiger partial charge in [0.05, 0.1) is 11.6 Å². The van der Waals surface area contributed by atoms with E-state index in [4.69, 9.17) is 9.78 Å². The molecule has 3 rings (SSSR count). The first-order valence-electron chi connectivity index (χ1n) is 6.86. The highest BCUT2D eigenvalue weighted by atomic mass is 19.1. The molecule has 2 N–H and O–H groups in total. The predicted octanol–water partition coefficient (Wildman–Crippen LogP) is 2.84. The number of benzene rings is 1. The summed E-state index contributed by atoms with van der Waals surface area (Å²) >= 11 is 0. The number of anilines is 2. The van der Waals surface area contributed by atoms with Crippen LogP contribution >= 0.6 is 0 Å². The lowest BCUT2D eigenvalue weighted by molar-refractivity contribution is 0.262. The van der Waals surface area contributed by atoms with Gasteiger partial charge in [-0.15, -0.1) is 0 Å². The van der Waals surface area contributed by atoms with Crippen LogP contribution in [0, 0.1) is 17.1 Å². The van der Waals surface area contributed by atoms with E-state index < -0.39 is 11.8 Å². The van der Waals surface area contributed by atoms with E-state index in [9.17, 15) is 9.18 Å². The number of rotatable bonds is 4. The third-order valence-corrected chi connectivity index (χ3v) is 3.01. The van der Waals surface area contributed by atoms with Crippen LogP contribution in [0.4, 0.5) is 20.8 Å². The number of nitrogens with zero attached hydrogens (tertiary/aromatic N) is 4. The third-order valence-electron chi connectivity index (χ3n) is 3.01. The first kappa shape index (κ1) is 15.2. The van der Waals surface area contributed by atoms with E-state index in [0.29, 0.717) is 0 Å². The molecule has 120 valence electrons. The molecule has 2 amide bonds. The molecule has 0 unspecified atom stereocenters. The van der Waals surface area contributed by atoms with Crippen LogP contribution in [-0.2, 0) is 6.54 Å². The van der Waals surface area contributed by atoms with Crippen LogP contribution in [0.15, 0.2) is 47.1 Å². The highest BCUT2D eigenvalue weighted by Gasteiger charge is 2.13. The lowest BCUT2D eigenvalue weighted by Crippen LogP contribution is -2.20. The van der Waals surface area contributed by atoms with Crippen LogP contribution < -0.4 is 10.6 Å². The number of nitrogens with one attached hydrogen (secondary N) is 2. The van der Waals surface area contributed by atoms with Crippen molar-refractivity contribution in [2.75, 3.05) is 10.6 Å². The summed E-state index contributed by atoms with van der Waals surface area (Å²) < 4.78 is 20.1. The number of carbonyl (C=O) groups is 1. The summed E-state index contributed by atoms with van der Waals surface area (Å²) in [5.74, 6) is 0.150. The SMILES string of the molecule is N#CCn1ccc(NC(=O)Nc2cc(-c3ccccc3F)on2)n1. The van der Waals surface area contributed by atoms with Crippen LogP contribution in [0.2, 0.25) is 0 Å². The first-order chi connectivity index (χ1) is 11.7. The molecule has 0 aliphatic rings. The topological polar surface area (TPSA) is 109 Å². The average molecular weight is 326 g/mol. The van der Waals surface area contributed by atoms with Gasteiger partial charge in [-0.1, -0.05) is 17.3 Å². The van der Waals surface area contributed by atoms with Gasteiger partial charge in [0.25, 0.3) is 0 Å². The molecule has 0 fully saturated rings. The lowest BCUT2D eigenvalue weighted by atomic mass is 10.1. The van der Waals surface area contributed by atoms with Gasteiger partial charge in [0, 0.05) is 18.3 Å². The fraction of sp³-hybridized carbons (Fsp3) is 0.0667. The van der Waals surface area contributed by atoms with Crippen LogP contribution in [0.25, 0.3) is 11.3 Å². The van der Waals surface area contributed by atoms with Crippen molar-refractivity contribution in [2.45, 2.75) is 6.54 Å². The second kappa shape index (κ2) is 6.62. The molecule has 0 saturated heterocycles. The zero-order valence-electron chi connectivity index (χ0n) is 12.2. The number of aromatic nitrogens is 3. The number of hydrogen-bond donors (Lipinski definition) is 2. The Morgan fingerprint density at radius 3 is 2.88 bits per heavy atom. The van der Waals surface area contributed by atoms with E-state index in [0.717, 1.165) is 0 Å². The molecule has 0 bridgehead atoms. The van der Waals surface area contributed by atoms with Gasteiger partial charge < -0.3 is 4.52 Å². The maximum Gasteiger partial charge on any atom is 0.326 e. The Labute approximate surface area is 135 Å². The first-order valence-corrected chi connectivity index (χ1v) is 6.86. The zero-order valence-corrected chi connectivity index (χ0v) is 12.2. The van der Waals surface area contributed by atoms with Gasteiger partial charge in [-0.3, -0.25) is 15.3 Å². The van der Waals surface area contributed by atoms with Crippen molar-refractivity contribution in [1.29, 1.82) is 5.26 Å². The Hall–Kier alpha value is -3.67. The molecule has 2 aromatic heterocycles. The smallest absolute Gasteiger partial charge is 0.326 e. The minimum absolute atomic E-state index is 0.0819. The molecule has 9 heteroatoms. The molecule has 0 aliphatic heterocycles. The van der Waals surface area contributed by atoms with Crippen LogP contribution in [0.1, 0.15) is 0 Å². The van der Waals surface area contributed by atoms with Crippen molar-refractivity contribution < 1.29 is 13.7 Å². The predicted molar refractivity (Wildman–Crippen MR) is 82.4 cm³/mol. The zero-order chi connectivity index (χ0) is 16.9. The Kier molecular flexibility index (Phi) is 4.20. The van der Waals surface area contributed by atoms with Crippen molar-refractivity contribution in [3.05, 3.63) is 48.4 Å². The number of amides is 2. The summed E-state index contributed by atoms with van der Waals surface area (Å²) in [6, 6.07) is 10.4. The molecule has 8 nitrogen and oxygen atoms in total. The Bertz CT molecular complexity index is 911. The Balaban J connectivity index is 1.65. The van der Waals surface area contributed by atoms with E-state index in [-0.39, 0.29) is 29.5 Å². The second-order valence-corrected chi connectivity index (χ2v) is 4.69. The van der Waals surface area contributed by atoms with Crippen molar-refractivity contribution in [3.8, 4) is 17.4 Å². The number of hydrogen-bond acceptors (Lipinski definition) is 5. The van der Waals surface area contributed by atoms with E-state index in [1.54, 1.807) is 30.5 Å². The largest absolute Gasteiger partial charge is 0.354 e. The molecule has 0 aliphatic carbocycles. The summed E-state index contributed by atoms with van der Waals surface area (Å²) in [6.45, 7) is 0.0819. The fourth-order valence-electron chi connectivity index (χ4n) is 1.97. The molecule has 0 radical (unpaired) electrons. The van der Waals surface area contributed by atoms with Gasteiger partial charge in [-0.05, 0) is 12.1 Å². The van der Waals surface area contributed by atoms with Gasteiger partial charge in [-0.2, -0.15) is 10.4 Å². The third kappa shape index (κ3) is 3.38.